The summed E-state index contributed by atoms with van der Waals surface area (Å²) >= 11 is 0. The largest absolute Gasteiger partial charge is 0.594 e. The molecule has 0 bridgehead atoms. The number of aromatic nitrogens is 3. The van der Waals surface area contributed by atoms with Crippen LogP contribution in [0.2, 0.25) is 0 Å². The molecule has 2 heterocycles. The third-order valence-corrected chi connectivity index (χ3v) is 4.83. The molecule has 0 radical (unpaired) electrons. The van der Waals surface area contributed by atoms with E-state index in [0.717, 1.165) is 6.54 Å². The molecule has 7 heteroatoms. The van der Waals surface area contributed by atoms with Gasteiger partial charge in [-0.25, -0.2) is 4.98 Å². The van der Waals surface area contributed by atoms with Gasteiger partial charge in [0.2, 0.25) is 0 Å². The second-order valence-corrected chi connectivity index (χ2v) is 6.46. The summed E-state index contributed by atoms with van der Waals surface area (Å²) in [5.41, 5.74) is 1.00. The molecular formula is C17H25N5O2. The molecule has 1 aromatic heterocycles. The first-order valence-electron chi connectivity index (χ1n) is 8.53. The zero-order valence-corrected chi connectivity index (χ0v) is 14.5. The first-order chi connectivity index (χ1) is 11.6. The van der Waals surface area contributed by atoms with E-state index in [0.29, 0.717) is 46.2 Å². The van der Waals surface area contributed by atoms with Crippen LogP contribution in [0.3, 0.4) is 0 Å². The Balaban J connectivity index is 1.68. The van der Waals surface area contributed by atoms with E-state index in [-0.39, 0.29) is 0 Å². The summed E-state index contributed by atoms with van der Waals surface area (Å²) < 4.78 is 5.19. The zero-order chi connectivity index (χ0) is 17.1. The highest BCUT2D eigenvalue weighted by Gasteiger charge is 2.24. The Kier molecular flexibility index (Phi) is 4.99. The smallest absolute Gasteiger partial charge is 0.290 e. The number of ether oxygens (including phenoxy) is 1. The van der Waals surface area contributed by atoms with Crippen molar-refractivity contribution in [3.05, 3.63) is 23.4 Å². The summed E-state index contributed by atoms with van der Waals surface area (Å²) in [6.07, 6.45) is 3.80. The minimum absolute atomic E-state index is 0.350. The number of benzene rings is 1. The van der Waals surface area contributed by atoms with E-state index in [1.54, 1.807) is 25.3 Å². The normalized spacial score (nSPS) is 21.8. The number of anilines is 1. The van der Waals surface area contributed by atoms with Gasteiger partial charge in [-0.05, 0) is 37.6 Å². The molecule has 2 unspecified atom stereocenters. The van der Waals surface area contributed by atoms with Gasteiger partial charge in [-0.2, -0.15) is 0 Å². The zero-order valence-electron chi connectivity index (χ0n) is 14.5. The summed E-state index contributed by atoms with van der Waals surface area (Å²) in [4.78, 5) is 7.54. The van der Waals surface area contributed by atoms with Gasteiger partial charge in [0.1, 0.15) is 11.3 Å². The van der Waals surface area contributed by atoms with Gasteiger partial charge in [-0.3, -0.25) is 4.90 Å². The predicted molar refractivity (Wildman–Crippen MR) is 93.0 cm³/mol. The molecule has 1 saturated heterocycles. The van der Waals surface area contributed by atoms with E-state index in [1.807, 2.05) is 0 Å². The summed E-state index contributed by atoms with van der Waals surface area (Å²) in [7, 11) is 1.59. The number of hydrogen-bond acceptors (Lipinski definition) is 6. The Morgan fingerprint density at radius 3 is 2.79 bits per heavy atom. The van der Waals surface area contributed by atoms with Gasteiger partial charge in [0.25, 0.3) is 11.5 Å². The molecule has 2 atom stereocenters. The monoisotopic (exact) mass is 331 g/mol. The van der Waals surface area contributed by atoms with Crippen LogP contribution < -0.4 is 14.9 Å². The van der Waals surface area contributed by atoms with Crippen LogP contribution in [0.5, 0.6) is 5.75 Å². The van der Waals surface area contributed by atoms with Crippen LogP contribution >= 0.6 is 0 Å². The van der Waals surface area contributed by atoms with Gasteiger partial charge in [-0.1, -0.05) is 6.42 Å². The lowest BCUT2D eigenvalue weighted by Crippen LogP contribution is -2.46. The molecule has 3 rings (SSSR count). The highest BCUT2D eigenvalue weighted by atomic mass is 16.5. The quantitative estimate of drug-likeness (QED) is 0.666. The fraction of sp³-hybridized carbons (Fsp3) is 0.588. The average molecular weight is 331 g/mol. The maximum atomic E-state index is 12.0. The van der Waals surface area contributed by atoms with Crippen molar-refractivity contribution >= 4 is 17.0 Å². The number of methoxy groups -OCH3 is 1. The van der Waals surface area contributed by atoms with Crippen molar-refractivity contribution < 1.29 is 9.58 Å². The molecule has 0 saturated carbocycles. The van der Waals surface area contributed by atoms with E-state index in [1.165, 1.54) is 19.3 Å². The van der Waals surface area contributed by atoms with Gasteiger partial charge >= 0.3 is 0 Å². The van der Waals surface area contributed by atoms with Crippen molar-refractivity contribution in [3.8, 4) is 5.75 Å². The Morgan fingerprint density at radius 2 is 2.08 bits per heavy atom. The fourth-order valence-corrected chi connectivity index (χ4v) is 3.45. The fourth-order valence-electron chi connectivity index (χ4n) is 3.45. The van der Waals surface area contributed by atoms with Gasteiger partial charge in [0.15, 0.2) is 0 Å². The van der Waals surface area contributed by atoms with Gasteiger partial charge in [0, 0.05) is 37.3 Å². The second-order valence-electron chi connectivity index (χ2n) is 6.46. The standard InChI is InChI=1S/C17H25N5O2/c1-12-5-4-6-13(2)21(12)10-9-18-17-19-15-11-14(24-3)7-8-16(15)22(23)20-17/h7-8,11-13H,4-6,9-10H2,1-3H3,(H,18,19,20). The molecule has 24 heavy (non-hydrogen) atoms. The number of likely N-dealkylation sites (tertiary alicyclic amines) is 1. The molecule has 1 aliphatic rings. The average Bonchev–Trinajstić information content (AvgIpc) is 2.57. The highest BCUT2D eigenvalue weighted by Crippen LogP contribution is 2.22. The molecule has 130 valence electrons. The molecule has 0 spiro atoms. The van der Waals surface area contributed by atoms with Crippen molar-refractivity contribution in [2.24, 2.45) is 0 Å². The van der Waals surface area contributed by atoms with Crippen LogP contribution in [0.25, 0.3) is 11.0 Å². The molecule has 7 nitrogen and oxygen atoms in total. The maximum absolute atomic E-state index is 12.0. The molecular weight excluding hydrogens is 306 g/mol. The Hall–Kier alpha value is -2.15. The number of hydrogen-bond donors (Lipinski definition) is 1. The van der Waals surface area contributed by atoms with Crippen molar-refractivity contribution in [2.75, 3.05) is 25.5 Å². The van der Waals surface area contributed by atoms with Gasteiger partial charge in [0.05, 0.1) is 12.2 Å². The Bertz CT molecular complexity index is 699. The highest BCUT2D eigenvalue weighted by molar-refractivity contribution is 5.73. The Morgan fingerprint density at radius 1 is 1.33 bits per heavy atom. The van der Waals surface area contributed by atoms with Crippen molar-refractivity contribution in [1.82, 2.24) is 15.0 Å². The molecule has 1 fully saturated rings. The first-order valence-corrected chi connectivity index (χ1v) is 8.53. The molecule has 0 amide bonds. The molecule has 2 aromatic rings. The number of rotatable bonds is 5. The van der Waals surface area contributed by atoms with Crippen LogP contribution in [0.15, 0.2) is 18.2 Å². The van der Waals surface area contributed by atoms with E-state index in [4.69, 9.17) is 4.74 Å². The third-order valence-electron chi connectivity index (χ3n) is 4.83. The molecule has 1 N–H and O–H groups in total. The summed E-state index contributed by atoms with van der Waals surface area (Å²) in [5, 5.41) is 19.2. The summed E-state index contributed by atoms with van der Waals surface area (Å²) in [6.45, 7) is 6.19. The molecule has 0 aliphatic carbocycles. The topological polar surface area (TPSA) is 77.2 Å². The van der Waals surface area contributed by atoms with Crippen LogP contribution in [0.1, 0.15) is 33.1 Å². The van der Waals surface area contributed by atoms with Crippen LogP contribution in [0.4, 0.5) is 5.95 Å². The summed E-state index contributed by atoms with van der Waals surface area (Å²) in [5.74, 6) is 1.02. The van der Waals surface area contributed by atoms with E-state index in [2.05, 4.69) is 34.1 Å². The van der Waals surface area contributed by atoms with Crippen molar-refractivity contribution in [2.45, 2.75) is 45.2 Å². The predicted octanol–water partition coefficient (Wildman–Crippen LogP) is 1.95. The van der Waals surface area contributed by atoms with E-state index >= 15 is 0 Å². The minimum atomic E-state index is 0.350. The number of nitrogens with one attached hydrogen (secondary N) is 1. The number of fused-ring (bicyclic) bond motifs is 1. The summed E-state index contributed by atoms with van der Waals surface area (Å²) in [6, 6.07) is 6.34. The second kappa shape index (κ2) is 7.17. The van der Waals surface area contributed by atoms with E-state index in [9.17, 15) is 5.21 Å². The van der Waals surface area contributed by atoms with Crippen LogP contribution in [0, 0.1) is 5.21 Å². The SMILES string of the molecule is COc1ccc2c(c1)nc(NCCN1C(C)CCCC1C)n[n+]2[O-]. The van der Waals surface area contributed by atoms with Crippen molar-refractivity contribution in [3.63, 3.8) is 0 Å². The van der Waals surface area contributed by atoms with Crippen LogP contribution in [-0.4, -0.2) is 47.3 Å². The maximum Gasteiger partial charge on any atom is 0.290 e. The van der Waals surface area contributed by atoms with Crippen LogP contribution in [-0.2, 0) is 0 Å². The lowest BCUT2D eigenvalue weighted by molar-refractivity contribution is -0.641. The third kappa shape index (κ3) is 3.51. The lowest BCUT2D eigenvalue weighted by Gasteiger charge is -2.38. The number of piperidine rings is 1. The molecule has 1 aliphatic heterocycles. The first kappa shape index (κ1) is 16.7. The number of nitrogens with zero attached hydrogens (tertiary/aromatic N) is 4. The minimum Gasteiger partial charge on any atom is -0.594 e. The van der Waals surface area contributed by atoms with Gasteiger partial charge < -0.3 is 15.3 Å². The lowest BCUT2D eigenvalue weighted by atomic mass is 9.98. The van der Waals surface area contributed by atoms with Gasteiger partial charge in [-0.15, -0.1) is 0 Å². The van der Waals surface area contributed by atoms with E-state index < -0.39 is 0 Å². The van der Waals surface area contributed by atoms with Crippen molar-refractivity contribution in [1.29, 1.82) is 0 Å². The Labute approximate surface area is 142 Å². The molecule has 1 aromatic carbocycles.